The number of aliphatic hydroxyl groups excluding tert-OH is 2. The van der Waals surface area contributed by atoms with Gasteiger partial charge in [0.1, 0.15) is 0 Å². The highest BCUT2D eigenvalue weighted by Gasteiger charge is 2.19. The fourth-order valence-corrected chi connectivity index (χ4v) is 1.64. The van der Waals surface area contributed by atoms with Gasteiger partial charge in [-0.05, 0) is 26.0 Å². The molecule has 0 spiro atoms. The van der Waals surface area contributed by atoms with Gasteiger partial charge >= 0.3 is 13.1 Å². The standard InChI is InChI=1S/C13H20BNO6/c1-8(2)21-13(18)9-3-4-11(14(19)20)12(5-9)15-6-10(17)7-16/h3-5,8,10,15-17,19-20H,6-7H2,1-2H3. The van der Waals surface area contributed by atoms with E-state index in [1.807, 2.05) is 0 Å². The molecule has 0 aromatic heterocycles. The lowest BCUT2D eigenvalue weighted by Gasteiger charge is -2.15. The number of nitrogens with one attached hydrogen (secondary N) is 1. The Hall–Kier alpha value is -1.61. The highest BCUT2D eigenvalue weighted by Crippen LogP contribution is 2.11. The summed E-state index contributed by atoms with van der Waals surface area (Å²) in [6.45, 7) is 3.01. The lowest BCUT2D eigenvalue weighted by molar-refractivity contribution is 0.0378. The summed E-state index contributed by atoms with van der Waals surface area (Å²) in [5.74, 6) is -0.533. The average molecular weight is 297 g/mol. The van der Waals surface area contributed by atoms with Crippen LogP contribution in [0.15, 0.2) is 18.2 Å². The summed E-state index contributed by atoms with van der Waals surface area (Å²) in [6, 6.07) is 4.21. The maximum atomic E-state index is 11.8. The molecule has 5 N–H and O–H groups in total. The number of esters is 1. The highest BCUT2D eigenvalue weighted by molar-refractivity contribution is 6.60. The second kappa shape index (κ2) is 7.99. The van der Waals surface area contributed by atoms with Crippen LogP contribution in [0, 0.1) is 0 Å². The SMILES string of the molecule is CC(C)OC(=O)c1ccc(B(O)O)c(NCC(O)CO)c1. The van der Waals surface area contributed by atoms with Crippen molar-refractivity contribution in [1.82, 2.24) is 0 Å². The first-order chi connectivity index (χ1) is 9.85. The Bertz CT molecular complexity index is 480. The minimum Gasteiger partial charge on any atom is -0.459 e. The Labute approximate surface area is 123 Å². The third-order valence-corrected chi connectivity index (χ3v) is 2.65. The van der Waals surface area contributed by atoms with Gasteiger partial charge in [-0.3, -0.25) is 0 Å². The molecule has 7 nitrogen and oxygen atoms in total. The molecule has 0 fully saturated rings. The van der Waals surface area contributed by atoms with Crippen molar-refractivity contribution < 1.29 is 29.8 Å². The van der Waals surface area contributed by atoms with Crippen LogP contribution in [-0.4, -0.2) is 58.7 Å². The Morgan fingerprint density at radius 2 is 2.05 bits per heavy atom. The van der Waals surface area contributed by atoms with Crippen molar-refractivity contribution in [2.45, 2.75) is 26.1 Å². The summed E-state index contributed by atoms with van der Waals surface area (Å²) in [4.78, 5) is 11.8. The fraction of sp³-hybridized carbons (Fsp3) is 0.462. The van der Waals surface area contributed by atoms with Crippen molar-refractivity contribution in [1.29, 1.82) is 0 Å². The molecule has 116 valence electrons. The lowest BCUT2D eigenvalue weighted by Crippen LogP contribution is -2.34. The van der Waals surface area contributed by atoms with Gasteiger partial charge in [-0.2, -0.15) is 0 Å². The number of hydrogen-bond donors (Lipinski definition) is 5. The van der Waals surface area contributed by atoms with E-state index >= 15 is 0 Å². The first kappa shape index (κ1) is 17.4. The first-order valence-electron chi connectivity index (χ1n) is 6.59. The molecule has 0 bridgehead atoms. The molecule has 1 aromatic carbocycles. The second-order valence-corrected chi connectivity index (χ2v) is 4.85. The number of aliphatic hydroxyl groups is 2. The predicted molar refractivity (Wildman–Crippen MR) is 78.4 cm³/mol. The van der Waals surface area contributed by atoms with Crippen LogP contribution < -0.4 is 10.8 Å². The topological polar surface area (TPSA) is 119 Å². The monoisotopic (exact) mass is 297 g/mol. The number of carbonyl (C=O) groups excluding carboxylic acids is 1. The molecule has 0 radical (unpaired) electrons. The lowest BCUT2D eigenvalue weighted by atomic mass is 9.78. The van der Waals surface area contributed by atoms with Crippen molar-refractivity contribution in [2.75, 3.05) is 18.5 Å². The van der Waals surface area contributed by atoms with E-state index in [1.54, 1.807) is 13.8 Å². The minimum absolute atomic E-state index is 0.00109. The van der Waals surface area contributed by atoms with Crippen LogP contribution in [0.25, 0.3) is 0 Å². The van der Waals surface area contributed by atoms with Crippen LogP contribution in [0.5, 0.6) is 0 Å². The molecule has 1 unspecified atom stereocenters. The van der Waals surface area contributed by atoms with Crippen LogP contribution in [0.1, 0.15) is 24.2 Å². The molecule has 0 heterocycles. The van der Waals surface area contributed by atoms with E-state index in [-0.39, 0.29) is 29.4 Å². The Morgan fingerprint density at radius 3 is 2.57 bits per heavy atom. The van der Waals surface area contributed by atoms with E-state index in [9.17, 15) is 19.9 Å². The first-order valence-corrected chi connectivity index (χ1v) is 6.59. The zero-order chi connectivity index (χ0) is 16.0. The van der Waals surface area contributed by atoms with Crippen LogP contribution in [0.4, 0.5) is 5.69 Å². The molecule has 0 amide bonds. The molecule has 21 heavy (non-hydrogen) atoms. The smallest absolute Gasteiger partial charge is 0.459 e. The largest absolute Gasteiger partial charge is 0.490 e. The van der Waals surface area contributed by atoms with Crippen LogP contribution >= 0.6 is 0 Å². The number of rotatable bonds is 7. The third kappa shape index (κ3) is 5.35. The predicted octanol–water partition coefficient (Wildman–Crippen LogP) is -1.30. The van der Waals surface area contributed by atoms with Crippen molar-refractivity contribution in [3.8, 4) is 0 Å². The van der Waals surface area contributed by atoms with Gasteiger partial charge in [0.05, 0.1) is 24.4 Å². The van der Waals surface area contributed by atoms with Gasteiger partial charge in [-0.1, -0.05) is 6.07 Å². The third-order valence-electron chi connectivity index (χ3n) is 2.65. The van der Waals surface area contributed by atoms with E-state index in [0.29, 0.717) is 0 Å². The van der Waals surface area contributed by atoms with Crippen LogP contribution in [-0.2, 0) is 4.74 Å². The summed E-state index contributed by atoms with van der Waals surface area (Å²) < 4.78 is 5.06. The molecular formula is C13H20BNO6. The van der Waals surface area contributed by atoms with Crippen LogP contribution in [0.3, 0.4) is 0 Å². The zero-order valence-corrected chi connectivity index (χ0v) is 12.0. The molecule has 1 rings (SSSR count). The zero-order valence-electron chi connectivity index (χ0n) is 12.0. The molecular weight excluding hydrogens is 277 g/mol. The second-order valence-electron chi connectivity index (χ2n) is 4.85. The number of hydrogen-bond acceptors (Lipinski definition) is 7. The number of carbonyl (C=O) groups is 1. The van der Waals surface area contributed by atoms with Gasteiger partial charge in [-0.15, -0.1) is 0 Å². The Morgan fingerprint density at radius 1 is 1.38 bits per heavy atom. The molecule has 1 atom stereocenters. The van der Waals surface area contributed by atoms with Gasteiger partial charge < -0.3 is 30.3 Å². The maximum Gasteiger partial charge on any atom is 0.490 e. The van der Waals surface area contributed by atoms with Crippen molar-refractivity contribution in [2.24, 2.45) is 0 Å². The van der Waals surface area contributed by atoms with Crippen molar-refractivity contribution in [3.05, 3.63) is 23.8 Å². The van der Waals surface area contributed by atoms with Gasteiger partial charge in [0.25, 0.3) is 0 Å². The number of ether oxygens (including phenoxy) is 1. The normalized spacial score (nSPS) is 12.1. The highest BCUT2D eigenvalue weighted by atomic mass is 16.5. The van der Waals surface area contributed by atoms with Crippen molar-refractivity contribution in [3.63, 3.8) is 0 Å². The summed E-state index contributed by atoms with van der Waals surface area (Å²) in [5.41, 5.74) is 0.672. The van der Waals surface area contributed by atoms with E-state index in [1.165, 1.54) is 18.2 Å². The molecule has 1 aromatic rings. The summed E-state index contributed by atoms with van der Waals surface area (Å²) in [7, 11) is -1.73. The quantitative estimate of drug-likeness (QED) is 0.313. The summed E-state index contributed by atoms with van der Waals surface area (Å²) >= 11 is 0. The molecule has 0 aliphatic heterocycles. The summed E-state index contributed by atoms with van der Waals surface area (Å²) in [5, 5.41) is 39.4. The number of benzene rings is 1. The van der Waals surface area contributed by atoms with Gasteiger partial charge in [0.15, 0.2) is 0 Å². The van der Waals surface area contributed by atoms with E-state index < -0.39 is 25.8 Å². The molecule has 0 saturated carbocycles. The van der Waals surface area contributed by atoms with Crippen LogP contribution in [0.2, 0.25) is 0 Å². The van der Waals surface area contributed by atoms with E-state index in [2.05, 4.69) is 5.32 Å². The minimum atomic E-state index is -1.73. The van der Waals surface area contributed by atoms with Gasteiger partial charge in [0, 0.05) is 17.7 Å². The molecule has 0 saturated heterocycles. The molecule has 0 aliphatic carbocycles. The van der Waals surface area contributed by atoms with E-state index in [4.69, 9.17) is 9.84 Å². The van der Waals surface area contributed by atoms with Gasteiger partial charge in [0.2, 0.25) is 0 Å². The Balaban J connectivity index is 2.97. The average Bonchev–Trinajstić information content (AvgIpc) is 2.43. The maximum absolute atomic E-state index is 11.8. The molecule has 0 aliphatic rings. The van der Waals surface area contributed by atoms with Gasteiger partial charge in [-0.25, -0.2) is 4.79 Å². The molecule has 8 heteroatoms. The fourth-order valence-electron chi connectivity index (χ4n) is 1.64. The Kier molecular flexibility index (Phi) is 6.64. The summed E-state index contributed by atoms with van der Waals surface area (Å²) in [6.07, 6.45) is -1.27. The number of anilines is 1. The van der Waals surface area contributed by atoms with E-state index in [0.717, 1.165) is 0 Å². The van der Waals surface area contributed by atoms with Crippen molar-refractivity contribution >= 4 is 24.2 Å².